The molecule has 2 aromatic rings. The van der Waals surface area contributed by atoms with Gasteiger partial charge in [-0.25, -0.2) is 4.79 Å². The van der Waals surface area contributed by atoms with Crippen LogP contribution in [-0.4, -0.2) is 23.6 Å². The van der Waals surface area contributed by atoms with E-state index in [1.54, 1.807) is 43.3 Å². The number of amides is 1. The zero-order valence-corrected chi connectivity index (χ0v) is 18.3. The quantitative estimate of drug-likeness (QED) is 0.676. The Bertz CT molecular complexity index is 865. The minimum Gasteiger partial charge on any atom is -0.507 e. The van der Waals surface area contributed by atoms with Crippen LogP contribution in [0.1, 0.15) is 80.3 Å². The highest BCUT2D eigenvalue weighted by Gasteiger charge is 2.27. The molecule has 0 saturated heterocycles. The highest BCUT2D eigenvalue weighted by atomic mass is 16.5. The first kappa shape index (κ1) is 22.5. The molecule has 0 heterocycles. The van der Waals surface area contributed by atoms with E-state index in [1.807, 2.05) is 41.5 Å². The Labute approximate surface area is 173 Å². The van der Waals surface area contributed by atoms with Crippen LogP contribution in [0, 0.1) is 0 Å². The van der Waals surface area contributed by atoms with Crippen molar-refractivity contribution < 1.29 is 19.4 Å². The lowest BCUT2D eigenvalue weighted by atomic mass is 9.78. The molecule has 0 aliphatic heterocycles. The summed E-state index contributed by atoms with van der Waals surface area (Å²) < 4.78 is 4.97. The number of phenols is 1. The SMILES string of the molecule is CCOC(=O)c1ccc(NC(=O)c2cc(C(C)(C)C)c(O)c(C(C)(C)C)c2)cc1. The van der Waals surface area contributed by atoms with Gasteiger partial charge in [-0.1, -0.05) is 41.5 Å². The summed E-state index contributed by atoms with van der Waals surface area (Å²) in [5.41, 5.74) is 2.31. The third-order valence-electron chi connectivity index (χ3n) is 4.64. The lowest BCUT2D eigenvalue weighted by Gasteiger charge is -2.28. The van der Waals surface area contributed by atoms with Crippen LogP contribution >= 0.6 is 0 Å². The van der Waals surface area contributed by atoms with E-state index < -0.39 is 5.97 Å². The second-order valence-electron chi connectivity index (χ2n) is 9.17. The van der Waals surface area contributed by atoms with Gasteiger partial charge in [0, 0.05) is 22.4 Å². The smallest absolute Gasteiger partial charge is 0.338 e. The number of aromatic hydroxyl groups is 1. The van der Waals surface area contributed by atoms with E-state index in [0.29, 0.717) is 23.4 Å². The van der Waals surface area contributed by atoms with Crippen LogP contribution in [0.3, 0.4) is 0 Å². The van der Waals surface area contributed by atoms with E-state index >= 15 is 0 Å². The van der Waals surface area contributed by atoms with Crippen molar-refractivity contribution in [3.63, 3.8) is 0 Å². The van der Waals surface area contributed by atoms with Crippen LogP contribution in [0.25, 0.3) is 0 Å². The number of hydrogen-bond acceptors (Lipinski definition) is 4. The van der Waals surface area contributed by atoms with Gasteiger partial charge in [-0.15, -0.1) is 0 Å². The zero-order chi connectivity index (χ0) is 22.0. The summed E-state index contributed by atoms with van der Waals surface area (Å²) in [4.78, 5) is 24.7. The molecule has 0 bridgehead atoms. The average Bonchev–Trinajstić information content (AvgIpc) is 2.60. The molecule has 0 aliphatic rings. The average molecular weight is 398 g/mol. The molecular weight excluding hydrogens is 366 g/mol. The molecule has 0 fully saturated rings. The number of carbonyl (C=O) groups is 2. The van der Waals surface area contributed by atoms with Crippen LogP contribution in [0.4, 0.5) is 5.69 Å². The first-order valence-corrected chi connectivity index (χ1v) is 9.81. The van der Waals surface area contributed by atoms with Gasteiger partial charge < -0.3 is 15.2 Å². The van der Waals surface area contributed by atoms with Crippen LogP contribution in [0.15, 0.2) is 36.4 Å². The van der Waals surface area contributed by atoms with E-state index in [9.17, 15) is 14.7 Å². The van der Waals surface area contributed by atoms with Gasteiger partial charge >= 0.3 is 5.97 Å². The standard InChI is InChI=1S/C24H31NO4/c1-8-29-22(28)15-9-11-17(12-10-15)25-21(27)16-13-18(23(2,3)4)20(26)19(14-16)24(5,6)7/h9-14,26H,8H2,1-7H3,(H,25,27). The van der Waals surface area contributed by atoms with Gasteiger partial charge in [0.15, 0.2) is 0 Å². The summed E-state index contributed by atoms with van der Waals surface area (Å²) in [6.07, 6.45) is 0. The predicted molar refractivity (Wildman–Crippen MR) is 116 cm³/mol. The van der Waals surface area contributed by atoms with Crippen molar-refractivity contribution in [1.29, 1.82) is 0 Å². The van der Waals surface area contributed by atoms with Crippen molar-refractivity contribution >= 4 is 17.6 Å². The predicted octanol–water partition coefficient (Wildman–Crippen LogP) is 5.42. The summed E-state index contributed by atoms with van der Waals surface area (Å²) in [6, 6.07) is 10.1. The topological polar surface area (TPSA) is 75.6 Å². The van der Waals surface area contributed by atoms with Crippen molar-refractivity contribution in [2.45, 2.75) is 59.3 Å². The van der Waals surface area contributed by atoms with Crippen LogP contribution in [0.5, 0.6) is 5.75 Å². The molecule has 2 rings (SSSR count). The first-order valence-electron chi connectivity index (χ1n) is 9.81. The Balaban J connectivity index is 2.36. The maximum atomic E-state index is 12.9. The van der Waals surface area contributed by atoms with E-state index in [0.717, 1.165) is 11.1 Å². The number of anilines is 1. The first-order chi connectivity index (χ1) is 13.3. The summed E-state index contributed by atoms with van der Waals surface area (Å²) in [7, 11) is 0. The summed E-state index contributed by atoms with van der Waals surface area (Å²) >= 11 is 0. The second kappa shape index (κ2) is 8.27. The van der Waals surface area contributed by atoms with Crippen molar-refractivity contribution in [1.82, 2.24) is 0 Å². The second-order valence-corrected chi connectivity index (χ2v) is 9.17. The molecule has 156 valence electrons. The maximum absolute atomic E-state index is 12.9. The van der Waals surface area contributed by atoms with Crippen molar-refractivity contribution in [3.8, 4) is 5.75 Å². The maximum Gasteiger partial charge on any atom is 0.338 e. The lowest BCUT2D eigenvalue weighted by Crippen LogP contribution is -2.20. The highest BCUT2D eigenvalue weighted by molar-refractivity contribution is 6.05. The van der Waals surface area contributed by atoms with Crippen molar-refractivity contribution in [2.24, 2.45) is 0 Å². The van der Waals surface area contributed by atoms with E-state index in [1.165, 1.54) is 0 Å². The van der Waals surface area contributed by atoms with E-state index in [4.69, 9.17) is 4.74 Å². The van der Waals surface area contributed by atoms with Crippen LogP contribution in [-0.2, 0) is 15.6 Å². The molecule has 2 N–H and O–H groups in total. The molecule has 2 aromatic carbocycles. The van der Waals surface area contributed by atoms with E-state index in [-0.39, 0.29) is 22.5 Å². The Hall–Kier alpha value is -2.82. The van der Waals surface area contributed by atoms with Crippen LogP contribution in [0.2, 0.25) is 0 Å². The Morgan fingerprint density at radius 1 is 0.897 bits per heavy atom. The molecule has 0 saturated carbocycles. The fourth-order valence-corrected chi connectivity index (χ4v) is 3.02. The number of esters is 1. The molecular formula is C24H31NO4. The molecule has 0 unspecified atom stereocenters. The molecule has 1 amide bonds. The molecule has 29 heavy (non-hydrogen) atoms. The summed E-state index contributed by atoms with van der Waals surface area (Å²) in [6.45, 7) is 14.1. The number of ether oxygens (including phenoxy) is 1. The van der Waals surface area contributed by atoms with Gasteiger partial charge in [0.05, 0.1) is 12.2 Å². The Morgan fingerprint density at radius 3 is 1.79 bits per heavy atom. The highest BCUT2D eigenvalue weighted by Crippen LogP contribution is 2.39. The fraction of sp³-hybridized carbons (Fsp3) is 0.417. The molecule has 5 nitrogen and oxygen atoms in total. The number of nitrogens with one attached hydrogen (secondary N) is 1. The zero-order valence-electron chi connectivity index (χ0n) is 18.3. The number of hydrogen-bond donors (Lipinski definition) is 2. The molecule has 0 radical (unpaired) electrons. The summed E-state index contributed by atoms with van der Waals surface area (Å²) in [5, 5.41) is 13.7. The summed E-state index contributed by atoms with van der Waals surface area (Å²) in [5.74, 6) is -0.432. The molecule has 0 aliphatic carbocycles. The normalized spacial score (nSPS) is 11.8. The fourth-order valence-electron chi connectivity index (χ4n) is 3.02. The van der Waals surface area contributed by atoms with Gasteiger partial charge in [-0.3, -0.25) is 4.79 Å². The largest absolute Gasteiger partial charge is 0.507 e. The third kappa shape index (κ3) is 5.37. The molecule has 0 aromatic heterocycles. The van der Waals surface area contributed by atoms with Crippen molar-refractivity contribution in [3.05, 3.63) is 58.7 Å². The number of phenolic OH excluding ortho intramolecular Hbond substituents is 1. The molecule has 5 heteroatoms. The van der Waals surface area contributed by atoms with Crippen LogP contribution < -0.4 is 5.32 Å². The van der Waals surface area contributed by atoms with Gasteiger partial charge in [0.2, 0.25) is 0 Å². The Morgan fingerprint density at radius 2 is 1.38 bits per heavy atom. The minimum atomic E-state index is -0.395. The molecule has 0 atom stereocenters. The van der Waals surface area contributed by atoms with Gasteiger partial charge in [0.1, 0.15) is 5.75 Å². The third-order valence-corrected chi connectivity index (χ3v) is 4.64. The minimum absolute atomic E-state index is 0.236. The van der Waals surface area contributed by atoms with Crippen molar-refractivity contribution in [2.75, 3.05) is 11.9 Å². The molecule has 0 spiro atoms. The van der Waals surface area contributed by atoms with E-state index in [2.05, 4.69) is 5.32 Å². The number of benzene rings is 2. The van der Waals surface area contributed by atoms with Gasteiger partial charge in [0.25, 0.3) is 5.91 Å². The number of carbonyl (C=O) groups excluding carboxylic acids is 2. The number of rotatable bonds is 4. The Kier molecular flexibility index (Phi) is 6.41. The van der Waals surface area contributed by atoms with Gasteiger partial charge in [-0.05, 0) is 54.2 Å². The van der Waals surface area contributed by atoms with Gasteiger partial charge in [-0.2, -0.15) is 0 Å². The monoisotopic (exact) mass is 397 g/mol. The lowest BCUT2D eigenvalue weighted by molar-refractivity contribution is 0.0526.